The quantitative estimate of drug-likeness (QED) is 0.603. The number of hydrogen-bond acceptors (Lipinski definition) is 4. The maximum atomic E-state index is 12.7. The van der Waals surface area contributed by atoms with Gasteiger partial charge in [-0.2, -0.15) is 0 Å². The number of furan rings is 1. The van der Waals surface area contributed by atoms with Gasteiger partial charge in [-0.1, -0.05) is 29.8 Å². The fourth-order valence-corrected chi connectivity index (χ4v) is 2.60. The Labute approximate surface area is 169 Å². The van der Waals surface area contributed by atoms with E-state index in [1.54, 1.807) is 61.7 Å². The van der Waals surface area contributed by atoms with Gasteiger partial charge in [-0.05, 0) is 55.0 Å². The Morgan fingerprint density at radius 2 is 1.76 bits per heavy atom. The van der Waals surface area contributed by atoms with Gasteiger partial charge in [-0.3, -0.25) is 9.59 Å². The fourth-order valence-electron chi connectivity index (χ4n) is 2.60. The van der Waals surface area contributed by atoms with Crippen LogP contribution in [0.3, 0.4) is 0 Å². The highest BCUT2D eigenvalue weighted by molar-refractivity contribution is 6.05. The van der Waals surface area contributed by atoms with Crippen molar-refractivity contribution in [3.63, 3.8) is 0 Å². The van der Waals surface area contributed by atoms with Crippen molar-refractivity contribution in [2.24, 2.45) is 0 Å². The van der Waals surface area contributed by atoms with E-state index in [4.69, 9.17) is 9.15 Å². The summed E-state index contributed by atoms with van der Waals surface area (Å²) in [6.45, 7) is 2.16. The SMILES string of the molecule is COc1ccc(C=C(NC(=O)c2ccc(C)cc2)C(=O)NCc2ccco2)cc1. The zero-order valence-corrected chi connectivity index (χ0v) is 16.3. The number of ether oxygens (including phenoxy) is 1. The van der Waals surface area contributed by atoms with Crippen LogP contribution in [-0.2, 0) is 11.3 Å². The number of benzene rings is 2. The molecule has 148 valence electrons. The van der Waals surface area contributed by atoms with E-state index in [-0.39, 0.29) is 18.1 Å². The van der Waals surface area contributed by atoms with Crippen LogP contribution in [0.1, 0.15) is 27.2 Å². The summed E-state index contributed by atoms with van der Waals surface area (Å²) in [7, 11) is 1.58. The number of hydrogen-bond donors (Lipinski definition) is 2. The van der Waals surface area contributed by atoms with Crippen LogP contribution in [0.4, 0.5) is 0 Å². The molecule has 1 aromatic heterocycles. The van der Waals surface area contributed by atoms with Gasteiger partial charge in [-0.25, -0.2) is 0 Å². The summed E-state index contributed by atoms with van der Waals surface area (Å²) in [6.07, 6.45) is 3.15. The molecule has 6 nitrogen and oxygen atoms in total. The van der Waals surface area contributed by atoms with Crippen LogP contribution in [0.15, 0.2) is 77.0 Å². The van der Waals surface area contributed by atoms with Crippen LogP contribution in [0.2, 0.25) is 0 Å². The largest absolute Gasteiger partial charge is 0.497 e. The summed E-state index contributed by atoms with van der Waals surface area (Å²) < 4.78 is 10.4. The molecule has 3 rings (SSSR count). The monoisotopic (exact) mass is 390 g/mol. The fraction of sp³-hybridized carbons (Fsp3) is 0.130. The molecule has 0 radical (unpaired) electrons. The first-order chi connectivity index (χ1) is 14.0. The molecular weight excluding hydrogens is 368 g/mol. The molecule has 0 saturated heterocycles. The molecule has 1 heterocycles. The molecule has 0 atom stereocenters. The lowest BCUT2D eigenvalue weighted by atomic mass is 10.1. The third-order valence-corrected chi connectivity index (χ3v) is 4.24. The Balaban J connectivity index is 1.80. The van der Waals surface area contributed by atoms with Crippen LogP contribution in [0.5, 0.6) is 5.75 Å². The zero-order chi connectivity index (χ0) is 20.6. The Hall–Kier alpha value is -3.80. The molecule has 29 heavy (non-hydrogen) atoms. The summed E-state index contributed by atoms with van der Waals surface area (Å²) in [4.78, 5) is 25.4. The van der Waals surface area contributed by atoms with E-state index < -0.39 is 5.91 Å². The van der Waals surface area contributed by atoms with Gasteiger partial charge in [0.2, 0.25) is 0 Å². The molecule has 0 saturated carbocycles. The van der Waals surface area contributed by atoms with Gasteiger partial charge in [0.15, 0.2) is 0 Å². The first-order valence-corrected chi connectivity index (χ1v) is 9.09. The smallest absolute Gasteiger partial charge is 0.268 e. The van der Waals surface area contributed by atoms with Crippen molar-refractivity contribution in [1.29, 1.82) is 0 Å². The van der Waals surface area contributed by atoms with Crippen LogP contribution < -0.4 is 15.4 Å². The van der Waals surface area contributed by atoms with Crippen molar-refractivity contribution in [2.75, 3.05) is 7.11 Å². The van der Waals surface area contributed by atoms with E-state index in [9.17, 15) is 9.59 Å². The molecule has 3 aromatic rings. The van der Waals surface area contributed by atoms with E-state index in [1.807, 2.05) is 19.1 Å². The van der Waals surface area contributed by atoms with Crippen molar-refractivity contribution in [1.82, 2.24) is 10.6 Å². The average molecular weight is 390 g/mol. The van der Waals surface area contributed by atoms with E-state index in [1.165, 1.54) is 6.26 Å². The van der Waals surface area contributed by atoms with Crippen molar-refractivity contribution < 1.29 is 18.7 Å². The molecule has 0 spiro atoms. The number of rotatable bonds is 7. The Morgan fingerprint density at radius 1 is 1.03 bits per heavy atom. The minimum atomic E-state index is -0.419. The number of aryl methyl sites for hydroxylation is 1. The standard InChI is InChI=1S/C23H22N2O4/c1-16-5-9-18(10-6-16)22(26)25-21(14-17-7-11-19(28-2)12-8-17)23(27)24-15-20-4-3-13-29-20/h3-14H,15H2,1-2H3,(H,24,27)(H,25,26). The average Bonchev–Trinajstić information content (AvgIpc) is 3.26. The van der Waals surface area contributed by atoms with Gasteiger partial charge in [0.05, 0.1) is 19.9 Å². The second-order valence-electron chi connectivity index (χ2n) is 6.41. The van der Waals surface area contributed by atoms with E-state index in [0.29, 0.717) is 17.1 Å². The van der Waals surface area contributed by atoms with Gasteiger partial charge >= 0.3 is 0 Å². The molecule has 0 aliphatic heterocycles. The van der Waals surface area contributed by atoms with Gasteiger partial charge in [0.25, 0.3) is 11.8 Å². The zero-order valence-electron chi connectivity index (χ0n) is 16.3. The lowest BCUT2D eigenvalue weighted by Gasteiger charge is -2.11. The summed E-state index contributed by atoms with van der Waals surface area (Å²) in [6, 6.07) is 17.8. The third kappa shape index (κ3) is 5.59. The predicted octanol–water partition coefficient (Wildman–Crippen LogP) is 3.68. The molecule has 2 N–H and O–H groups in total. The first-order valence-electron chi connectivity index (χ1n) is 9.09. The van der Waals surface area contributed by atoms with E-state index in [2.05, 4.69) is 10.6 Å². The number of carbonyl (C=O) groups excluding carboxylic acids is 2. The first kappa shape index (κ1) is 19.9. The minimum Gasteiger partial charge on any atom is -0.497 e. The van der Waals surface area contributed by atoms with Crippen molar-refractivity contribution in [3.8, 4) is 5.75 Å². The number of nitrogens with one attached hydrogen (secondary N) is 2. The van der Waals surface area contributed by atoms with Crippen LogP contribution >= 0.6 is 0 Å². The summed E-state index contributed by atoms with van der Waals surface area (Å²) >= 11 is 0. The van der Waals surface area contributed by atoms with Crippen molar-refractivity contribution >= 4 is 17.9 Å². The molecule has 0 unspecified atom stereocenters. The molecule has 0 aliphatic carbocycles. The van der Waals surface area contributed by atoms with Crippen molar-refractivity contribution in [2.45, 2.75) is 13.5 Å². The van der Waals surface area contributed by atoms with Gasteiger partial charge < -0.3 is 19.8 Å². The molecule has 0 fully saturated rings. The van der Waals surface area contributed by atoms with E-state index in [0.717, 1.165) is 11.1 Å². The molecule has 2 aromatic carbocycles. The second-order valence-corrected chi connectivity index (χ2v) is 6.41. The Morgan fingerprint density at radius 3 is 2.38 bits per heavy atom. The summed E-state index contributed by atoms with van der Waals surface area (Å²) in [5.74, 6) is 0.539. The van der Waals surface area contributed by atoms with Crippen molar-refractivity contribution in [3.05, 3.63) is 95.1 Å². The molecule has 0 aliphatic rings. The highest BCUT2D eigenvalue weighted by Gasteiger charge is 2.15. The molecule has 6 heteroatoms. The molecular formula is C23H22N2O4. The van der Waals surface area contributed by atoms with Gasteiger partial charge in [0.1, 0.15) is 17.2 Å². The molecule has 2 amide bonds. The third-order valence-electron chi connectivity index (χ3n) is 4.24. The van der Waals surface area contributed by atoms with E-state index >= 15 is 0 Å². The number of methoxy groups -OCH3 is 1. The summed E-state index contributed by atoms with van der Waals surface area (Å²) in [5, 5.41) is 5.46. The Kier molecular flexibility index (Phi) is 6.47. The summed E-state index contributed by atoms with van der Waals surface area (Å²) in [5.41, 5.74) is 2.40. The van der Waals surface area contributed by atoms with Crippen LogP contribution in [-0.4, -0.2) is 18.9 Å². The molecule has 0 bridgehead atoms. The number of carbonyl (C=O) groups is 2. The lowest BCUT2D eigenvalue weighted by Crippen LogP contribution is -2.34. The second kappa shape index (κ2) is 9.41. The highest BCUT2D eigenvalue weighted by atomic mass is 16.5. The van der Waals surface area contributed by atoms with Gasteiger partial charge in [0, 0.05) is 5.56 Å². The lowest BCUT2D eigenvalue weighted by molar-refractivity contribution is -0.118. The van der Waals surface area contributed by atoms with Crippen LogP contribution in [0, 0.1) is 6.92 Å². The number of amides is 2. The Bertz CT molecular complexity index is 988. The normalized spacial score (nSPS) is 11.0. The maximum absolute atomic E-state index is 12.7. The maximum Gasteiger partial charge on any atom is 0.268 e. The topological polar surface area (TPSA) is 80.6 Å². The van der Waals surface area contributed by atoms with Gasteiger partial charge in [-0.15, -0.1) is 0 Å². The highest BCUT2D eigenvalue weighted by Crippen LogP contribution is 2.14. The minimum absolute atomic E-state index is 0.132. The van der Waals surface area contributed by atoms with Crippen LogP contribution in [0.25, 0.3) is 6.08 Å². The predicted molar refractivity (Wildman–Crippen MR) is 110 cm³/mol.